The first-order valence-electron chi connectivity index (χ1n) is 9.86. The molecule has 150 valence electrons. The minimum absolute atomic E-state index is 0.0192. The van der Waals surface area contributed by atoms with Gasteiger partial charge in [0.15, 0.2) is 0 Å². The van der Waals surface area contributed by atoms with Crippen LogP contribution in [0.15, 0.2) is 66.7 Å². The number of nitrogens with zero attached hydrogens (tertiary/aromatic N) is 1. The molecule has 0 spiro atoms. The molecule has 0 bridgehead atoms. The van der Waals surface area contributed by atoms with E-state index in [0.717, 1.165) is 41.8 Å². The van der Waals surface area contributed by atoms with Gasteiger partial charge in [-0.05, 0) is 29.2 Å². The maximum atomic E-state index is 12.1. The van der Waals surface area contributed by atoms with Crippen LogP contribution >= 0.6 is 0 Å². The highest BCUT2D eigenvalue weighted by molar-refractivity contribution is 5.68. The molecule has 1 fully saturated rings. The van der Waals surface area contributed by atoms with Gasteiger partial charge in [-0.25, -0.2) is 4.79 Å². The molecule has 1 saturated heterocycles. The lowest BCUT2D eigenvalue weighted by molar-refractivity contribution is -0.119. The molecule has 2 amide bonds. The molecule has 0 aliphatic carbocycles. The van der Waals surface area contributed by atoms with Crippen molar-refractivity contribution in [3.05, 3.63) is 77.9 Å². The summed E-state index contributed by atoms with van der Waals surface area (Å²) in [6.45, 7) is 5.49. The quantitative estimate of drug-likeness (QED) is 0.584. The van der Waals surface area contributed by atoms with Gasteiger partial charge in [0.25, 0.3) is 0 Å². The zero-order valence-corrected chi connectivity index (χ0v) is 16.2. The number of ether oxygens (including phenoxy) is 1. The van der Waals surface area contributed by atoms with Gasteiger partial charge in [0.05, 0.1) is 12.1 Å². The number of carbonyl (C=O) groups excluding carboxylic acids is 2. The Hall–Kier alpha value is -3.28. The molecule has 2 aliphatic heterocycles. The van der Waals surface area contributed by atoms with E-state index in [4.69, 9.17) is 4.74 Å². The molecule has 0 unspecified atom stereocenters. The van der Waals surface area contributed by atoms with E-state index in [2.05, 4.69) is 23.3 Å². The van der Waals surface area contributed by atoms with E-state index < -0.39 is 6.09 Å². The Morgan fingerprint density at radius 1 is 1.21 bits per heavy atom. The van der Waals surface area contributed by atoms with Gasteiger partial charge < -0.3 is 20.3 Å². The molecule has 2 heterocycles. The van der Waals surface area contributed by atoms with Crippen molar-refractivity contribution in [1.29, 1.82) is 0 Å². The van der Waals surface area contributed by atoms with Crippen LogP contribution in [-0.2, 0) is 16.1 Å². The molecule has 0 aromatic heterocycles. The molecule has 0 saturated carbocycles. The molecule has 2 aliphatic rings. The number of para-hydroxylation sites is 1. The average Bonchev–Trinajstić information content (AvgIpc) is 3.20. The number of hydrogen-bond acceptors (Lipinski definition) is 4. The van der Waals surface area contributed by atoms with E-state index in [1.807, 2.05) is 53.4 Å². The van der Waals surface area contributed by atoms with Crippen molar-refractivity contribution in [2.24, 2.45) is 5.92 Å². The number of hydrogen-bond donors (Lipinski definition) is 2. The molecule has 3 atom stereocenters. The van der Waals surface area contributed by atoms with E-state index in [1.54, 1.807) is 0 Å². The van der Waals surface area contributed by atoms with Crippen LogP contribution in [0, 0.1) is 5.92 Å². The monoisotopic (exact) mass is 391 g/mol. The number of likely N-dealkylation sites (tertiary alicyclic amines) is 1. The Morgan fingerprint density at radius 3 is 2.76 bits per heavy atom. The van der Waals surface area contributed by atoms with Gasteiger partial charge in [-0.1, -0.05) is 55.1 Å². The van der Waals surface area contributed by atoms with Crippen LogP contribution in [0.2, 0.25) is 0 Å². The van der Waals surface area contributed by atoms with Gasteiger partial charge in [0, 0.05) is 24.7 Å². The average molecular weight is 391 g/mol. The highest BCUT2D eigenvalue weighted by Crippen LogP contribution is 2.46. The van der Waals surface area contributed by atoms with Crippen LogP contribution in [0.5, 0.6) is 0 Å². The predicted octanol–water partition coefficient (Wildman–Crippen LogP) is 3.48. The number of amides is 2. The summed E-state index contributed by atoms with van der Waals surface area (Å²) in [5, 5.41) is 6.36. The maximum Gasteiger partial charge on any atom is 0.407 e. The lowest BCUT2D eigenvalue weighted by Gasteiger charge is -2.39. The number of carbonyl (C=O) groups is 2. The van der Waals surface area contributed by atoms with Crippen LogP contribution in [0.25, 0.3) is 0 Å². The Labute approximate surface area is 170 Å². The van der Waals surface area contributed by atoms with Crippen molar-refractivity contribution in [1.82, 2.24) is 10.2 Å². The Balaban J connectivity index is 1.38. The number of rotatable bonds is 6. The van der Waals surface area contributed by atoms with Crippen LogP contribution < -0.4 is 10.6 Å². The molecule has 6 heteroatoms. The number of nitrogens with one attached hydrogen (secondary N) is 2. The lowest BCUT2D eigenvalue weighted by Crippen LogP contribution is -2.42. The molecule has 4 rings (SSSR count). The van der Waals surface area contributed by atoms with Gasteiger partial charge in [-0.15, -0.1) is 0 Å². The van der Waals surface area contributed by atoms with Crippen LogP contribution in [0.1, 0.15) is 23.6 Å². The van der Waals surface area contributed by atoms with E-state index in [-0.39, 0.29) is 24.6 Å². The van der Waals surface area contributed by atoms with E-state index in [0.29, 0.717) is 6.54 Å². The Morgan fingerprint density at radius 2 is 1.97 bits per heavy atom. The van der Waals surface area contributed by atoms with E-state index in [9.17, 15) is 9.59 Å². The first kappa shape index (κ1) is 19.1. The molecular weight excluding hydrogens is 366 g/mol. The molecule has 2 aromatic carbocycles. The fraction of sp³-hybridized carbons (Fsp3) is 0.304. The third-order valence-corrected chi connectivity index (χ3v) is 5.75. The van der Waals surface area contributed by atoms with Crippen molar-refractivity contribution in [2.45, 2.75) is 25.1 Å². The molecule has 2 aromatic rings. The lowest BCUT2D eigenvalue weighted by atomic mass is 9.80. The summed E-state index contributed by atoms with van der Waals surface area (Å²) in [6, 6.07) is 17.6. The van der Waals surface area contributed by atoms with Gasteiger partial charge in [-0.3, -0.25) is 4.79 Å². The molecule has 0 radical (unpaired) electrons. The second-order valence-corrected chi connectivity index (χ2v) is 7.52. The summed E-state index contributed by atoms with van der Waals surface area (Å²) in [4.78, 5) is 25.5. The standard InChI is InChI=1S/C23H25N3O3/c1-16(13-24-23(28)29-14-17-7-3-2-4-8-17)21-19-11-12-26(15-27)22(19)18-9-5-6-10-20(18)25-21/h2-10,15,19,21-22,25H,1,11-14H2,(H,24,28)/t19-,21+,22+/m1/s1. The third kappa shape index (κ3) is 3.97. The first-order chi connectivity index (χ1) is 14.2. The van der Waals surface area contributed by atoms with Crippen LogP contribution in [-0.4, -0.2) is 36.5 Å². The first-order valence-corrected chi connectivity index (χ1v) is 9.86. The number of anilines is 1. The van der Waals surface area contributed by atoms with Crippen LogP contribution in [0.3, 0.4) is 0 Å². The molecule has 29 heavy (non-hydrogen) atoms. The highest BCUT2D eigenvalue weighted by Gasteiger charge is 2.44. The summed E-state index contributed by atoms with van der Waals surface area (Å²) < 4.78 is 5.28. The molecular formula is C23H25N3O3. The second kappa shape index (κ2) is 8.39. The largest absolute Gasteiger partial charge is 0.445 e. The minimum atomic E-state index is -0.469. The molecule has 2 N–H and O–H groups in total. The van der Waals surface area contributed by atoms with Gasteiger partial charge >= 0.3 is 6.09 Å². The zero-order chi connectivity index (χ0) is 20.2. The van der Waals surface area contributed by atoms with Gasteiger partial charge in [-0.2, -0.15) is 0 Å². The summed E-state index contributed by atoms with van der Waals surface area (Å²) >= 11 is 0. The predicted molar refractivity (Wildman–Crippen MR) is 111 cm³/mol. The minimum Gasteiger partial charge on any atom is -0.445 e. The van der Waals surface area contributed by atoms with E-state index >= 15 is 0 Å². The van der Waals surface area contributed by atoms with Gasteiger partial charge in [0.2, 0.25) is 6.41 Å². The fourth-order valence-electron chi connectivity index (χ4n) is 4.35. The van der Waals surface area contributed by atoms with Crippen molar-refractivity contribution >= 4 is 18.2 Å². The number of benzene rings is 2. The Kier molecular flexibility index (Phi) is 5.51. The topological polar surface area (TPSA) is 70.7 Å². The fourth-order valence-corrected chi connectivity index (χ4v) is 4.35. The summed E-state index contributed by atoms with van der Waals surface area (Å²) in [6.07, 6.45) is 1.36. The van der Waals surface area contributed by atoms with Crippen molar-refractivity contribution in [3.63, 3.8) is 0 Å². The maximum absolute atomic E-state index is 12.1. The highest BCUT2D eigenvalue weighted by atomic mass is 16.5. The summed E-state index contributed by atoms with van der Waals surface area (Å²) in [5.74, 6) is 0.227. The molecule has 6 nitrogen and oxygen atoms in total. The number of fused-ring (bicyclic) bond motifs is 3. The van der Waals surface area contributed by atoms with Crippen molar-refractivity contribution in [2.75, 3.05) is 18.4 Å². The van der Waals surface area contributed by atoms with Crippen molar-refractivity contribution < 1.29 is 14.3 Å². The van der Waals surface area contributed by atoms with Crippen molar-refractivity contribution in [3.8, 4) is 0 Å². The Bertz CT molecular complexity index is 899. The third-order valence-electron chi connectivity index (χ3n) is 5.75. The zero-order valence-electron chi connectivity index (χ0n) is 16.2. The SMILES string of the molecule is C=C(CNC(=O)OCc1ccccc1)[C@@H]1Nc2ccccc2[C@H]2[C@@H]1CCN2C=O. The second-order valence-electron chi connectivity index (χ2n) is 7.52. The smallest absolute Gasteiger partial charge is 0.407 e. The van der Waals surface area contributed by atoms with Gasteiger partial charge in [0.1, 0.15) is 6.61 Å². The van der Waals surface area contributed by atoms with E-state index in [1.165, 1.54) is 0 Å². The summed E-state index contributed by atoms with van der Waals surface area (Å²) in [5.41, 5.74) is 3.97. The number of alkyl carbamates (subject to hydrolysis) is 1. The van der Waals surface area contributed by atoms with Crippen LogP contribution in [0.4, 0.5) is 10.5 Å². The normalized spacial score (nSPS) is 22.1. The summed E-state index contributed by atoms with van der Waals surface area (Å²) in [7, 11) is 0.